The number of carbonyl (C=O) groups excluding carboxylic acids is 2. The SMILES string of the molecule is CCOC(=O)N1CCN(C(=O)CNc2ccccc2N2CCOCC2)CC1. The second-order valence-corrected chi connectivity index (χ2v) is 6.54. The van der Waals surface area contributed by atoms with Crippen LogP contribution >= 0.6 is 0 Å². The topological polar surface area (TPSA) is 74.4 Å². The second-order valence-electron chi connectivity index (χ2n) is 6.54. The molecule has 8 nitrogen and oxygen atoms in total. The third-order valence-electron chi connectivity index (χ3n) is 4.84. The van der Waals surface area contributed by atoms with E-state index < -0.39 is 0 Å². The molecule has 1 N–H and O–H groups in total. The molecule has 0 bridgehead atoms. The predicted octanol–water partition coefficient (Wildman–Crippen LogP) is 1.24. The van der Waals surface area contributed by atoms with Crippen LogP contribution < -0.4 is 10.2 Å². The Labute approximate surface area is 160 Å². The number of nitrogens with one attached hydrogen (secondary N) is 1. The molecule has 148 valence electrons. The van der Waals surface area contributed by atoms with E-state index in [0.717, 1.165) is 37.7 Å². The molecule has 0 atom stereocenters. The molecule has 1 aromatic carbocycles. The molecule has 0 radical (unpaired) electrons. The zero-order valence-electron chi connectivity index (χ0n) is 15.9. The number of carbonyl (C=O) groups is 2. The molecule has 0 unspecified atom stereocenters. The van der Waals surface area contributed by atoms with E-state index in [1.807, 2.05) is 18.2 Å². The van der Waals surface area contributed by atoms with Gasteiger partial charge in [0.25, 0.3) is 0 Å². The third kappa shape index (κ3) is 5.03. The number of hydrogen-bond donors (Lipinski definition) is 1. The summed E-state index contributed by atoms with van der Waals surface area (Å²) in [5.74, 6) is 0.0373. The van der Waals surface area contributed by atoms with Crippen LogP contribution in [0.5, 0.6) is 0 Å². The maximum absolute atomic E-state index is 12.6. The molecule has 0 saturated carbocycles. The maximum Gasteiger partial charge on any atom is 0.409 e. The lowest BCUT2D eigenvalue weighted by atomic mass is 10.2. The first-order valence-electron chi connectivity index (χ1n) is 9.54. The molecular formula is C19H28N4O4. The van der Waals surface area contributed by atoms with Crippen molar-refractivity contribution in [1.82, 2.24) is 9.80 Å². The summed E-state index contributed by atoms with van der Waals surface area (Å²) >= 11 is 0. The summed E-state index contributed by atoms with van der Waals surface area (Å²) in [5, 5.41) is 3.28. The summed E-state index contributed by atoms with van der Waals surface area (Å²) in [4.78, 5) is 30.0. The molecule has 2 heterocycles. The number of hydrogen-bond acceptors (Lipinski definition) is 6. The number of nitrogens with zero attached hydrogens (tertiary/aromatic N) is 3. The lowest BCUT2D eigenvalue weighted by molar-refractivity contribution is -0.130. The Kier molecular flexibility index (Phi) is 6.75. The third-order valence-corrected chi connectivity index (χ3v) is 4.84. The molecule has 3 rings (SSSR count). The van der Waals surface area contributed by atoms with Gasteiger partial charge < -0.3 is 29.5 Å². The van der Waals surface area contributed by atoms with E-state index in [9.17, 15) is 9.59 Å². The van der Waals surface area contributed by atoms with Gasteiger partial charge in [-0.05, 0) is 19.1 Å². The van der Waals surface area contributed by atoms with Gasteiger partial charge in [0, 0.05) is 39.3 Å². The molecule has 2 amide bonds. The monoisotopic (exact) mass is 376 g/mol. The van der Waals surface area contributed by atoms with Gasteiger partial charge in [-0.2, -0.15) is 0 Å². The van der Waals surface area contributed by atoms with Crippen LogP contribution in [-0.4, -0.2) is 87.4 Å². The van der Waals surface area contributed by atoms with Crippen LogP contribution in [0.2, 0.25) is 0 Å². The van der Waals surface area contributed by atoms with E-state index in [4.69, 9.17) is 9.47 Å². The zero-order valence-corrected chi connectivity index (χ0v) is 15.9. The largest absolute Gasteiger partial charge is 0.450 e. The summed E-state index contributed by atoms with van der Waals surface area (Å²) in [7, 11) is 0. The van der Waals surface area contributed by atoms with Gasteiger partial charge >= 0.3 is 6.09 Å². The van der Waals surface area contributed by atoms with Crippen molar-refractivity contribution < 1.29 is 19.1 Å². The summed E-state index contributed by atoms with van der Waals surface area (Å²) in [6, 6.07) is 8.04. The molecule has 2 aliphatic heterocycles. The maximum atomic E-state index is 12.6. The molecule has 1 aromatic rings. The fraction of sp³-hybridized carbons (Fsp3) is 0.579. The highest BCUT2D eigenvalue weighted by atomic mass is 16.6. The molecule has 0 aliphatic carbocycles. The van der Waals surface area contributed by atoms with E-state index in [-0.39, 0.29) is 18.5 Å². The number of para-hydroxylation sites is 2. The fourth-order valence-corrected chi connectivity index (χ4v) is 3.34. The molecule has 2 aliphatic rings. The highest BCUT2D eigenvalue weighted by Gasteiger charge is 2.24. The summed E-state index contributed by atoms with van der Waals surface area (Å²) in [5.41, 5.74) is 2.05. The Morgan fingerprint density at radius 1 is 1.04 bits per heavy atom. The predicted molar refractivity (Wildman–Crippen MR) is 103 cm³/mol. The van der Waals surface area contributed by atoms with Gasteiger partial charge in [-0.15, -0.1) is 0 Å². The first kappa shape index (κ1) is 19.3. The zero-order chi connectivity index (χ0) is 19.1. The Morgan fingerprint density at radius 3 is 2.41 bits per heavy atom. The van der Waals surface area contributed by atoms with Crippen molar-refractivity contribution in [3.63, 3.8) is 0 Å². The Bertz CT molecular complexity index is 640. The lowest BCUT2D eigenvalue weighted by Gasteiger charge is -2.34. The van der Waals surface area contributed by atoms with Crippen LogP contribution in [0, 0.1) is 0 Å². The molecule has 2 fully saturated rings. The standard InChI is InChI=1S/C19H28N4O4/c1-2-27-19(25)23-9-7-22(8-10-23)18(24)15-20-16-5-3-4-6-17(16)21-11-13-26-14-12-21/h3-6,20H,2,7-15H2,1H3. The van der Waals surface area contributed by atoms with E-state index in [2.05, 4.69) is 16.3 Å². The van der Waals surface area contributed by atoms with Crippen LogP contribution in [0.1, 0.15) is 6.92 Å². The van der Waals surface area contributed by atoms with Crippen molar-refractivity contribution in [2.75, 3.05) is 75.9 Å². The van der Waals surface area contributed by atoms with Crippen molar-refractivity contribution in [3.8, 4) is 0 Å². The number of ether oxygens (including phenoxy) is 2. The smallest absolute Gasteiger partial charge is 0.409 e. The number of rotatable bonds is 5. The van der Waals surface area contributed by atoms with E-state index in [0.29, 0.717) is 32.8 Å². The first-order chi connectivity index (χ1) is 13.2. The van der Waals surface area contributed by atoms with Gasteiger partial charge in [0.15, 0.2) is 0 Å². The highest BCUT2D eigenvalue weighted by molar-refractivity contribution is 5.83. The Morgan fingerprint density at radius 2 is 1.70 bits per heavy atom. The number of morpholine rings is 1. The van der Waals surface area contributed by atoms with Gasteiger partial charge in [-0.25, -0.2) is 4.79 Å². The van der Waals surface area contributed by atoms with Gasteiger partial charge in [0.1, 0.15) is 0 Å². The number of amides is 2. The molecular weight excluding hydrogens is 348 g/mol. The average molecular weight is 376 g/mol. The van der Waals surface area contributed by atoms with Crippen LogP contribution in [0.3, 0.4) is 0 Å². The number of anilines is 2. The molecule has 0 aromatic heterocycles. The normalized spacial score (nSPS) is 17.6. The van der Waals surface area contributed by atoms with Crippen LogP contribution in [0.25, 0.3) is 0 Å². The minimum absolute atomic E-state index is 0.0373. The summed E-state index contributed by atoms with van der Waals surface area (Å²) in [6.45, 7) is 7.61. The lowest BCUT2D eigenvalue weighted by Crippen LogP contribution is -2.51. The highest BCUT2D eigenvalue weighted by Crippen LogP contribution is 2.26. The minimum Gasteiger partial charge on any atom is -0.450 e. The van der Waals surface area contributed by atoms with E-state index >= 15 is 0 Å². The quantitative estimate of drug-likeness (QED) is 0.833. The Hall–Kier alpha value is -2.48. The fourth-order valence-electron chi connectivity index (χ4n) is 3.34. The van der Waals surface area contributed by atoms with Gasteiger partial charge in [-0.1, -0.05) is 12.1 Å². The summed E-state index contributed by atoms with van der Waals surface area (Å²) < 4.78 is 10.4. The number of benzene rings is 1. The average Bonchev–Trinajstić information content (AvgIpc) is 2.73. The van der Waals surface area contributed by atoms with Gasteiger partial charge in [0.2, 0.25) is 5.91 Å². The van der Waals surface area contributed by atoms with Crippen molar-refractivity contribution in [2.45, 2.75) is 6.92 Å². The number of piperazine rings is 1. The molecule has 2 saturated heterocycles. The van der Waals surface area contributed by atoms with Crippen molar-refractivity contribution in [1.29, 1.82) is 0 Å². The van der Waals surface area contributed by atoms with Crippen LogP contribution in [-0.2, 0) is 14.3 Å². The summed E-state index contributed by atoms with van der Waals surface area (Å²) in [6.07, 6.45) is -0.304. The van der Waals surface area contributed by atoms with Crippen LogP contribution in [0.15, 0.2) is 24.3 Å². The molecule has 8 heteroatoms. The van der Waals surface area contributed by atoms with Crippen molar-refractivity contribution in [2.24, 2.45) is 0 Å². The van der Waals surface area contributed by atoms with Crippen molar-refractivity contribution >= 4 is 23.4 Å². The minimum atomic E-state index is -0.304. The van der Waals surface area contributed by atoms with Crippen LogP contribution in [0.4, 0.5) is 16.2 Å². The van der Waals surface area contributed by atoms with E-state index in [1.54, 1.807) is 16.7 Å². The van der Waals surface area contributed by atoms with Gasteiger partial charge in [0.05, 0.1) is 37.7 Å². The van der Waals surface area contributed by atoms with Gasteiger partial charge in [-0.3, -0.25) is 4.79 Å². The molecule has 27 heavy (non-hydrogen) atoms. The second kappa shape index (κ2) is 9.45. The van der Waals surface area contributed by atoms with Crippen molar-refractivity contribution in [3.05, 3.63) is 24.3 Å². The van der Waals surface area contributed by atoms with E-state index in [1.165, 1.54) is 0 Å². The molecule has 0 spiro atoms. The first-order valence-corrected chi connectivity index (χ1v) is 9.54. The Balaban J connectivity index is 1.51.